The topological polar surface area (TPSA) is 46.8 Å². The third kappa shape index (κ3) is 3.49. The lowest BCUT2D eigenvalue weighted by Gasteiger charge is -2.33. The first-order valence-electron chi connectivity index (χ1n) is 8.25. The monoisotopic (exact) mass is 315 g/mol. The van der Waals surface area contributed by atoms with Crippen molar-refractivity contribution in [3.63, 3.8) is 0 Å². The number of nitrogens with zero attached hydrogens (tertiary/aromatic N) is 3. The van der Waals surface area contributed by atoms with Gasteiger partial charge in [-0.2, -0.15) is 0 Å². The Morgan fingerprint density at radius 1 is 1.35 bits per heavy atom. The summed E-state index contributed by atoms with van der Waals surface area (Å²) in [6.45, 7) is 9.21. The predicted molar refractivity (Wildman–Crippen MR) is 89.7 cm³/mol. The third-order valence-electron chi connectivity index (χ3n) is 4.14. The Morgan fingerprint density at radius 3 is 2.87 bits per heavy atom. The summed E-state index contributed by atoms with van der Waals surface area (Å²) in [6.07, 6.45) is 5.82. The van der Waals surface area contributed by atoms with Crippen molar-refractivity contribution in [1.29, 1.82) is 0 Å². The molecule has 1 aliphatic heterocycles. The Kier molecular flexibility index (Phi) is 4.04. The lowest BCUT2D eigenvalue weighted by molar-refractivity contribution is 0.0196. The minimum absolute atomic E-state index is 0.223. The van der Waals surface area contributed by atoms with Gasteiger partial charge in [0.15, 0.2) is 0 Å². The number of fused-ring (bicyclic) bond motifs is 1. The molecule has 0 radical (unpaired) electrons. The number of amides is 1. The predicted octanol–water partition coefficient (Wildman–Crippen LogP) is 3.76. The van der Waals surface area contributed by atoms with Crippen LogP contribution in [0.3, 0.4) is 0 Å². The Hall–Kier alpha value is -2.04. The van der Waals surface area contributed by atoms with Gasteiger partial charge in [-0.15, -0.1) is 0 Å². The first-order chi connectivity index (χ1) is 10.8. The number of pyridine rings is 1. The molecule has 1 atom stereocenters. The third-order valence-corrected chi connectivity index (χ3v) is 4.14. The quantitative estimate of drug-likeness (QED) is 0.805. The van der Waals surface area contributed by atoms with Gasteiger partial charge >= 0.3 is 6.09 Å². The summed E-state index contributed by atoms with van der Waals surface area (Å²) >= 11 is 0. The molecule has 0 bridgehead atoms. The second-order valence-corrected chi connectivity index (χ2v) is 7.38. The van der Waals surface area contributed by atoms with Crippen molar-refractivity contribution >= 4 is 11.6 Å². The molecule has 1 saturated heterocycles. The Bertz CT molecular complexity index is 715. The second kappa shape index (κ2) is 5.87. The average Bonchev–Trinajstić information content (AvgIpc) is 2.88. The number of carbonyl (C=O) groups excluding carboxylic acids is 1. The van der Waals surface area contributed by atoms with Gasteiger partial charge in [0.1, 0.15) is 11.4 Å². The number of imidazole rings is 1. The van der Waals surface area contributed by atoms with Crippen LogP contribution in [-0.2, 0) is 4.74 Å². The number of hydrogen-bond donors (Lipinski definition) is 0. The lowest BCUT2D eigenvalue weighted by Crippen LogP contribution is -2.42. The highest BCUT2D eigenvalue weighted by Crippen LogP contribution is 2.28. The van der Waals surface area contributed by atoms with E-state index in [1.807, 2.05) is 31.9 Å². The van der Waals surface area contributed by atoms with Crippen LogP contribution in [0, 0.1) is 6.92 Å². The summed E-state index contributed by atoms with van der Waals surface area (Å²) in [5.41, 5.74) is 1.85. The summed E-state index contributed by atoms with van der Waals surface area (Å²) < 4.78 is 7.66. The van der Waals surface area contributed by atoms with Crippen molar-refractivity contribution in [2.75, 3.05) is 13.1 Å². The Labute approximate surface area is 137 Å². The van der Waals surface area contributed by atoms with Crippen LogP contribution >= 0.6 is 0 Å². The smallest absolute Gasteiger partial charge is 0.410 e. The first kappa shape index (κ1) is 15.8. The number of aryl methyl sites for hydroxylation is 1. The fourth-order valence-electron chi connectivity index (χ4n) is 3.10. The van der Waals surface area contributed by atoms with Gasteiger partial charge in [-0.05, 0) is 52.2 Å². The molecule has 0 N–H and O–H groups in total. The van der Waals surface area contributed by atoms with Crippen molar-refractivity contribution in [2.24, 2.45) is 0 Å². The number of carbonyl (C=O) groups is 1. The molecule has 2 aromatic heterocycles. The molecule has 124 valence electrons. The van der Waals surface area contributed by atoms with Crippen molar-refractivity contribution in [3.05, 3.63) is 35.9 Å². The van der Waals surface area contributed by atoms with Crippen LogP contribution < -0.4 is 0 Å². The molecule has 3 rings (SSSR count). The van der Waals surface area contributed by atoms with Crippen molar-refractivity contribution in [3.8, 4) is 0 Å². The van der Waals surface area contributed by atoms with Gasteiger partial charge in [0, 0.05) is 25.2 Å². The van der Waals surface area contributed by atoms with Crippen molar-refractivity contribution < 1.29 is 9.53 Å². The van der Waals surface area contributed by atoms with Crippen LogP contribution in [0.4, 0.5) is 4.79 Å². The SMILES string of the molecule is Cc1ccc2cnc(C3CCCN(C(=O)OC(C)(C)C)C3)n2c1. The van der Waals surface area contributed by atoms with E-state index < -0.39 is 5.60 Å². The minimum Gasteiger partial charge on any atom is -0.444 e. The normalized spacial score (nSPS) is 19.1. The van der Waals surface area contributed by atoms with Crippen LogP contribution in [0.15, 0.2) is 24.5 Å². The maximum absolute atomic E-state index is 12.3. The fraction of sp³-hybridized carbons (Fsp3) is 0.556. The number of aromatic nitrogens is 2. The Morgan fingerprint density at radius 2 is 2.13 bits per heavy atom. The zero-order valence-electron chi connectivity index (χ0n) is 14.4. The number of piperidine rings is 1. The van der Waals surface area contributed by atoms with Crippen LogP contribution in [-0.4, -0.2) is 39.1 Å². The van der Waals surface area contributed by atoms with E-state index in [4.69, 9.17) is 4.74 Å². The molecule has 2 aromatic rings. The first-order valence-corrected chi connectivity index (χ1v) is 8.25. The highest BCUT2D eigenvalue weighted by Gasteiger charge is 2.30. The van der Waals surface area contributed by atoms with E-state index in [0.29, 0.717) is 6.54 Å². The molecule has 0 spiro atoms. The zero-order chi connectivity index (χ0) is 16.6. The molecule has 0 aliphatic carbocycles. The largest absolute Gasteiger partial charge is 0.444 e. The number of rotatable bonds is 1. The average molecular weight is 315 g/mol. The van der Waals surface area contributed by atoms with E-state index in [2.05, 4.69) is 34.6 Å². The van der Waals surface area contributed by atoms with Gasteiger partial charge in [-0.3, -0.25) is 0 Å². The number of ether oxygens (including phenoxy) is 1. The van der Waals surface area contributed by atoms with E-state index >= 15 is 0 Å². The molecular weight excluding hydrogens is 290 g/mol. The summed E-state index contributed by atoms with van der Waals surface area (Å²) in [6, 6.07) is 4.18. The van der Waals surface area contributed by atoms with Crippen LogP contribution in [0.1, 0.15) is 50.9 Å². The standard InChI is InChI=1S/C18H25N3O2/c1-13-7-8-15-10-19-16(21(15)11-13)14-6-5-9-20(12-14)17(22)23-18(2,3)4/h7-8,10-11,14H,5-6,9,12H2,1-4H3. The molecule has 0 aromatic carbocycles. The summed E-state index contributed by atoms with van der Waals surface area (Å²) in [5, 5.41) is 0. The van der Waals surface area contributed by atoms with Crippen LogP contribution in [0.2, 0.25) is 0 Å². The molecule has 23 heavy (non-hydrogen) atoms. The molecule has 1 amide bonds. The number of likely N-dealkylation sites (tertiary alicyclic amines) is 1. The molecule has 1 aliphatic rings. The van der Waals surface area contributed by atoms with Crippen molar-refractivity contribution in [2.45, 2.75) is 52.1 Å². The van der Waals surface area contributed by atoms with E-state index in [1.165, 1.54) is 5.56 Å². The van der Waals surface area contributed by atoms with Crippen molar-refractivity contribution in [1.82, 2.24) is 14.3 Å². The number of hydrogen-bond acceptors (Lipinski definition) is 3. The highest BCUT2D eigenvalue weighted by molar-refractivity contribution is 5.68. The van der Waals surface area contributed by atoms with Gasteiger partial charge in [0.2, 0.25) is 0 Å². The maximum atomic E-state index is 12.3. The van der Waals surface area contributed by atoms with Crippen LogP contribution in [0.5, 0.6) is 0 Å². The molecule has 5 heteroatoms. The second-order valence-electron chi connectivity index (χ2n) is 7.38. The zero-order valence-corrected chi connectivity index (χ0v) is 14.4. The molecule has 1 unspecified atom stereocenters. The van der Waals surface area contributed by atoms with Gasteiger partial charge in [0.05, 0.1) is 11.7 Å². The van der Waals surface area contributed by atoms with E-state index in [-0.39, 0.29) is 12.0 Å². The lowest BCUT2D eigenvalue weighted by atomic mass is 9.97. The molecule has 3 heterocycles. The van der Waals surface area contributed by atoms with Gasteiger partial charge in [-0.1, -0.05) is 6.07 Å². The van der Waals surface area contributed by atoms with Gasteiger partial charge < -0.3 is 14.0 Å². The van der Waals surface area contributed by atoms with Gasteiger partial charge in [0.25, 0.3) is 0 Å². The fourth-order valence-corrected chi connectivity index (χ4v) is 3.10. The summed E-state index contributed by atoms with van der Waals surface area (Å²) in [4.78, 5) is 18.8. The summed E-state index contributed by atoms with van der Waals surface area (Å²) in [5.74, 6) is 1.29. The van der Waals surface area contributed by atoms with E-state index in [0.717, 1.165) is 30.7 Å². The summed E-state index contributed by atoms with van der Waals surface area (Å²) in [7, 11) is 0. The van der Waals surface area contributed by atoms with E-state index in [1.54, 1.807) is 0 Å². The molecule has 0 saturated carbocycles. The van der Waals surface area contributed by atoms with Crippen LogP contribution in [0.25, 0.3) is 5.52 Å². The Balaban J connectivity index is 1.80. The van der Waals surface area contributed by atoms with Gasteiger partial charge in [-0.25, -0.2) is 9.78 Å². The highest BCUT2D eigenvalue weighted by atomic mass is 16.6. The molecule has 1 fully saturated rings. The van der Waals surface area contributed by atoms with E-state index in [9.17, 15) is 4.79 Å². The minimum atomic E-state index is -0.457. The molecule has 5 nitrogen and oxygen atoms in total. The maximum Gasteiger partial charge on any atom is 0.410 e. The molecular formula is C18H25N3O2.